The molecule has 0 atom stereocenters. The number of phenolic OH excluding ortho intramolecular Hbond substituents is 1. The van der Waals surface area contributed by atoms with Crippen LogP contribution in [-0.2, 0) is 0 Å². The van der Waals surface area contributed by atoms with Crippen LogP contribution in [0.3, 0.4) is 0 Å². The maximum absolute atomic E-state index is 9.98. The highest BCUT2D eigenvalue weighted by atomic mass is 79.9. The summed E-state index contributed by atoms with van der Waals surface area (Å²) in [6.45, 7) is 6.16. The summed E-state index contributed by atoms with van der Waals surface area (Å²) in [5, 5.41) is 26.7. The van der Waals surface area contributed by atoms with Crippen molar-refractivity contribution in [3.63, 3.8) is 0 Å². The first-order valence-corrected chi connectivity index (χ1v) is 8.42. The topological polar surface area (TPSA) is 90.4 Å². The molecule has 0 aliphatic rings. The van der Waals surface area contributed by atoms with Gasteiger partial charge >= 0.3 is 0 Å². The van der Waals surface area contributed by atoms with Crippen molar-refractivity contribution in [2.75, 3.05) is 6.61 Å². The second kappa shape index (κ2) is 7.06. The van der Waals surface area contributed by atoms with Gasteiger partial charge < -0.3 is 9.84 Å². The molecule has 2 aromatic heterocycles. The zero-order chi connectivity index (χ0) is 18.0. The second-order valence-electron chi connectivity index (χ2n) is 5.34. The van der Waals surface area contributed by atoms with Crippen LogP contribution in [0, 0.1) is 13.8 Å². The Morgan fingerprint density at radius 3 is 2.80 bits per heavy atom. The standard InChI is InChI=1S/C16H17BrN6O2/c1-4-25-14-7-12(6-13(17)15(14)24)8-19-22-9-18-20-16(22)23-11(3)5-10(2)21-23/h5-9,24H,4H2,1-3H3/b19-8-. The molecule has 2 heterocycles. The van der Waals surface area contributed by atoms with E-state index in [0.717, 1.165) is 17.0 Å². The smallest absolute Gasteiger partial charge is 0.273 e. The van der Waals surface area contributed by atoms with E-state index in [1.54, 1.807) is 23.0 Å². The van der Waals surface area contributed by atoms with E-state index >= 15 is 0 Å². The molecule has 1 aromatic carbocycles. The SMILES string of the molecule is CCOc1cc(/C=N\n2cnnc2-n2nc(C)cc2C)cc(Br)c1O. The molecule has 0 radical (unpaired) electrons. The Kier molecular flexibility index (Phi) is 4.84. The molecule has 3 rings (SSSR count). The van der Waals surface area contributed by atoms with Crippen molar-refractivity contribution in [1.82, 2.24) is 24.7 Å². The maximum Gasteiger partial charge on any atom is 0.273 e. The zero-order valence-corrected chi connectivity index (χ0v) is 15.6. The lowest BCUT2D eigenvalue weighted by Crippen LogP contribution is -2.06. The molecule has 0 saturated carbocycles. The van der Waals surface area contributed by atoms with Gasteiger partial charge in [-0.3, -0.25) is 0 Å². The average molecular weight is 405 g/mol. The first-order valence-electron chi connectivity index (χ1n) is 7.63. The predicted octanol–water partition coefficient (Wildman–Crippen LogP) is 2.83. The molecular formula is C16H17BrN6O2. The number of halogens is 1. The Bertz CT molecular complexity index is 931. The molecule has 0 fully saturated rings. The van der Waals surface area contributed by atoms with Crippen LogP contribution in [0.2, 0.25) is 0 Å². The molecule has 0 aliphatic carbocycles. The molecule has 0 spiro atoms. The van der Waals surface area contributed by atoms with Crippen molar-refractivity contribution in [1.29, 1.82) is 0 Å². The van der Waals surface area contributed by atoms with Gasteiger partial charge in [0, 0.05) is 5.69 Å². The molecule has 0 amide bonds. The second-order valence-corrected chi connectivity index (χ2v) is 6.20. The normalized spacial score (nSPS) is 11.4. The van der Waals surface area contributed by atoms with Crippen LogP contribution in [0.4, 0.5) is 0 Å². The van der Waals surface area contributed by atoms with Gasteiger partial charge in [0.15, 0.2) is 11.5 Å². The lowest BCUT2D eigenvalue weighted by atomic mass is 10.2. The zero-order valence-electron chi connectivity index (χ0n) is 14.0. The minimum absolute atomic E-state index is 0.0617. The van der Waals surface area contributed by atoms with E-state index in [2.05, 4.69) is 36.3 Å². The van der Waals surface area contributed by atoms with E-state index in [1.165, 1.54) is 11.0 Å². The van der Waals surface area contributed by atoms with Crippen molar-refractivity contribution < 1.29 is 9.84 Å². The first kappa shape index (κ1) is 17.2. The Balaban J connectivity index is 1.94. The maximum atomic E-state index is 9.98. The Hall–Kier alpha value is -2.68. The van der Waals surface area contributed by atoms with Crippen LogP contribution in [-0.4, -0.2) is 42.6 Å². The highest BCUT2D eigenvalue weighted by Gasteiger charge is 2.11. The fraction of sp³-hybridized carbons (Fsp3) is 0.250. The van der Waals surface area contributed by atoms with Crippen LogP contribution >= 0.6 is 15.9 Å². The van der Waals surface area contributed by atoms with Gasteiger partial charge in [0.05, 0.1) is 23.0 Å². The van der Waals surface area contributed by atoms with Crippen LogP contribution < -0.4 is 4.74 Å². The quantitative estimate of drug-likeness (QED) is 0.660. The summed E-state index contributed by atoms with van der Waals surface area (Å²) in [7, 11) is 0. The van der Waals surface area contributed by atoms with Crippen molar-refractivity contribution in [2.24, 2.45) is 5.10 Å². The average Bonchev–Trinajstić information content (AvgIpc) is 3.15. The number of aromatic hydroxyl groups is 1. The highest BCUT2D eigenvalue weighted by Crippen LogP contribution is 2.35. The largest absolute Gasteiger partial charge is 0.503 e. The fourth-order valence-electron chi connectivity index (χ4n) is 2.34. The van der Waals surface area contributed by atoms with Gasteiger partial charge in [0.2, 0.25) is 0 Å². The number of nitrogens with zero attached hydrogens (tertiary/aromatic N) is 6. The molecule has 0 saturated heterocycles. The minimum Gasteiger partial charge on any atom is -0.503 e. The molecular weight excluding hydrogens is 388 g/mol. The molecule has 0 aliphatic heterocycles. The van der Waals surface area contributed by atoms with E-state index < -0.39 is 0 Å². The third-order valence-electron chi connectivity index (χ3n) is 3.39. The molecule has 9 heteroatoms. The van der Waals surface area contributed by atoms with Gasteiger partial charge in [-0.1, -0.05) is 0 Å². The Morgan fingerprint density at radius 2 is 2.12 bits per heavy atom. The number of rotatable bonds is 5. The van der Waals surface area contributed by atoms with Gasteiger partial charge in [-0.25, -0.2) is 4.68 Å². The molecule has 3 aromatic rings. The van der Waals surface area contributed by atoms with Gasteiger partial charge in [-0.05, 0) is 60.5 Å². The lowest BCUT2D eigenvalue weighted by Gasteiger charge is -2.08. The lowest BCUT2D eigenvalue weighted by molar-refractivity contribution is 0.317. The third-order valence-corrected chi connectivity index (χ3v) is 4.00. The van der Waals surface area contributed by atoms with Gasteiger partial charge in [0.25, 0.3) is 5.95 Å². The first-order chi connectivity index (χ1) is 12.0. The Labute approximate surface area is 152 Å². The highest BCUT2D eigenvalue weighted by molar-refractivity contribution is 9.10. The van der Waals surface area contributed by atoms with Gasteiger partial charge in [-0.2, -0.15) is 14.9 Å². The van der Waals surface area contributed by atoms with Gasteiger partial charge in [-0.15, -0.1) is 10.2 Å². The van der Waals surface area contributed by atoms with Crippen LogP contribution in [0.5, 0.6) is 11.5 Å². The number of phenols is 1. The van der Waals surface area contributed by atoms with E-state index in [4.69, 9.17) is 4.74 Å². The summed E-state index contributed by atoms with van der Waals surface area (Å²) in [4.78, 5) is 0. The number of aryl methyl sites for hydroxylation is 2. The van der Waals surface area contributed by atoms with Crippen molar-refractivity contribution >= 4 is 22.1 Å². The number of hydrogen-bond donors (Lipinski definition) is 1. The Morgan fingerprint density at radius 1 is 1.32 bits per heavy atom. The van der Waals surface area contributed by atoms with E-state index in [1.807, 2.05) is 26.8 Å². The van der Waals surface area contributed by atoms with Crippen molar-refractivity contribution in [2.45, 2.75) is 20.8 Å². The molecule has 0 bridgehead atoms. The minimum atomic E-state index is 0.0617. The van der Waals surface area contributed by atoms with E-state index in [9.17, 15) is 5.11 Å². The molecule has 8 nitrogen and oxygen atoms in total. The number of ether oxygens (including phenoxy) is 1. The summed E-state index contributed by atoms with van der Waals surface area (Å²) in [6, 6.07) is 5.41. The van der Waals surface area contributed by atoms with Crippen LogP contribution in [0.1, 0.15) is 23.9 Å². The number of hydrogen-bond acceptors (Lipinski definition) is 6. The molecule has 130 valence electrons. The molecule has 25 heavy (non-hydrogen) atoms. The number of benzene rings is 1. The summed E-state index contributed by atoms with van der Waals surface area (Å²) in [5.41, 5.74) is 2.58. The summed E-state index contributed by atoms with van der Waals surface area (Å²) in [5.74, 6) is 0.942. The fourth-order valence-corrected chi connectivity index (χ4v) is 2.80. The van der Waals surface area contributed by atoms with Crippen LogP contribution in [0.15, 0.2) is 34.1 Å². The van der Waals surface area contributed by atoms with Crippen LogP contribution in [0.25, 0.3) is 5.95 Å². The van der Waals surface area contributed by atoms with Gasteiger partial charge in [0.1, 0.15) is 6.33 Å². The van der Waals surface area contributed by atoms with Crippen molar-refractivity contribution in [3.8, 4) is 17.4 Å². The van der Waals surface area contributed by atoms with E-state index in [-0.39, 0.29) is 5.75 Å². The van der Waals surface area contributed by atoms with E-state index in [0.29, 0.717) is 22.8 Å². The summed E-state index contributed by atoms with van der Waals surface area (Å²) in [6.07, 6.45) is 3.13. The third kappa shape index (κ3) is 3.55. The summed E-state index contributed by atoms with van der Waals surface area (Å²) < 4.78 is 9.16. The van der Waals surface area contributed by atoms with Crippen molar-refractivity contribution in [3.05, 3.63) is 46.0 Å². The predicted molar refractivity (Wildman–Crippen MR) is 96.6 cm³/mol. The monoisotopic (exact) mass is 404 g/mol. The summed E-state index contributed by atoms with van der Waals surface area (Å²) >= 11 is 3.31. The number of aromatic nitrogens is 5. The molecule has 0 unspecified atom stereocenters. The molecule has 1 N–H and O–H groups in total.